The first-order valence-electron chi connectivity index (χ1n) is 24.3. The van der Waals surface area contributed by atoms with Gasteiger partial charge in [-0.25, -0.2) is 21.7 Å². The molecule has 386 valence electrons. The van der Waals surface area contributed by atoms with Gasteiger partial charge in [-0.05, 0) is 143 Å². The maximum atomic E-state index is 15.5. The second-order valence-corrected chi connectivity index (χ2v) is 23.6. The number of hydrogen-bond acceptors (Lipinski definition) is 13. The average molecular weight is 1120 g/mol. The monoisotopic (exact) mass is 1120 g/mol. The molecule has 0 unspecified atom stereocenters. The number of para-hydroxylation sites is 1. The van der Waals surface area contributed by atoms with Crippen molar-refractivity contribution in [3.63, 3.8) is 0 Å². The van der Waals surface area contributed by atoms with Crippen molar-refractivity contribution in [1.82, 2.24) is 0 Å². The van der Waals surface area contributed by atoms with Gasteiger partial charge in [0.05, 0.1) is 38.1 Å². The van der Waals surface area contributed by atoms with Crippen LogP contribution in [0.5, 0.6) is 23.0 Å². The number of hydrogen-bond donors (Lipinski definition) is 0. The smallest absolute Gasteiger partial charge is 0.744 e. The molecule has 9 aromatic rings. The Labute approximate surface area is 496 Å². The van der Waals surface area contributed by atoms with Crippen LogP contribution in [0.25, 0.3) is 43.1 Å². The molecular weight excluding hydrogens is 1070 g/mol. The van der Waals surface area contributed by atoms with Crippen LogP contribution in [0.4, 0.5) is 5.69 Å². The molecule has 14 nitrogen and oxygen atoms in total. The second kappa shape index (κ2) is 22.8. The number of fused-ring (bicyclic) bond motifs is 2. The Hall–Kier alpha value is -5.69. The molecule has 0 saturated heterocycles. The Bertz CT molecular complexity index is 4090. The molecule has 0 radical (unpaired) electrons. The van der Waals surface area contributed by atoms with Gasteiger partial charge in [0.15, 0.2) is 0 Å². The third-order valence-electron chi connectivity index (χ3n) is 13.5. The Balaban J connectivity index is 0.00000401. The summed E-state index contributed by atoms with van der Waals surface area (Å²) in [6, 6.07) is 34.4. The Morgan fingerprint density at radius 2 is 1.01 bits per heavy atom. The summed E-state index contributed by atoms with van der Waals surface area (Å²) in [4.78, 5) is 31.3. The summed E-state index contributed by atoms with van der Waals surface area (Å²) < 4.78 is 116. The molecule has 0 spiro atoms. The van der Waals surface area contributed by atoms with Crippen molar-refractivity contribution in [3.8, 4) is 34.8 Å². The molecule has 0 N–H and O–H groups in total. The van der Waals surface area contributed by atoms with Gasteiger partial charge in [-0.15, -0.1) is 0 Å². The van der Waals surface area contributed by atoms with Crippen LogP contribution >= 0.6 is 0 Å². The largest absolute Gasteiger partial charge is 1.00 e. The van der Waals surface area contributed by atoms with Crippen molar-refractivity contribution < 1.29 is 117 Å². The summed E-state index contributed by atoms with van der Waals surface area (Å²) in [5.41, 5.74) is 3.76. The minimum atomic E-state index is -4.82. The summed E-state index contributed by atoms with van der Waals surface area (Å²) in [5.74, 6) is 5.56. The number of carbonyl (C=O) groups excluding carboxylic acids is 2. The number of benzene rings is 9. The van der Waals surface area contributed by atoms with E-state index in [4.69, 9.17) is 13.7 Å². The van der Waals surface area contributed by atoms with Gasteiger partial charge in [0, 0.05) is 33.5 Å². The molecule has 1 aliphatic rings. The number of amides is 2. The third kappa shape index (κ3) is 11.1. The molecule has 0 atom stereocenters. The Morgan fingerprint density at radius 1 is 0.538 bits per heavy atom. The molecule has 10 rings (SSSR count). The van der Waals surface area contributed by atoms with E-state index in [2.05, 4.69) is 11.8 Å². The van der Waals surface area contributed by atoms with E-state index < -0.39 is 52.0 Å². The zero-order valence-electron chi connectivity index (χ0n) is 43.7. The zero-order chi connectivity index (χ0) is 54.0. The Morgan fingerprint density at radius 3 is 1.51 bits per heavy atom. The van der Waals surface area contributed by atoms with Gasteiger partial charge in [0.25, 0.3) is 21.9 Å². The van der Waals surface area contributed by atoms with E-state index >= 15 is 9.59 Å². The molecule has 0 aromatic heterocycles. The fourth-order valence-electron chi connectivity index (χ4n) is 9.88. The van der Waals surface area contributed by atoms with Gasteiger partial charge < -0.3 is 18.6 Å². The number of aryl methyl sites for hydroxylation is 1. The van der Waals surface area contributed by atoms with Crippen LogP contribution in [0.3, 0.4) is 0 Å². The molecule has 78 heavy (non-hydrogen) atoms. The van der Waals surface area contributed by atoms with Crippen LogP contribution in [0, 0.1) is 18.8 Å². The molecular formula is C59H47NNa2O13S3. The van der Waals surface area contributed by atoms with Crippen LogP contribution < -0.4 is 73.5 Å². The number of rotatable bonds is 15. The van der Waals surface area contributed by atoms with Crippen LogP contribution in [0.2, 0.25) is 0 Å². The standard InChI is InChI=1S/C59H49NO13S3.2Na/c1-34(2)43-13-10-14-44(35(3)4)57(43)60-58(61)48-32-50(72-38-20-26-40(27-21-38)74(63,64)65)54-46-16-11-15-45-37(12-8-6-7-9-31-71-76(69,70)42-24-17-36(5)18-25-42)19-30-47(52(45)46)55-51(33-49(59(60)62)53(48)56(54)55)73-39-22-28-41(29-23-39)75(66,67)68;;/h10-11,13-30,32-35H,6-7,9,31H2,1-5H3,(H,63,64,65)(H,66,67,68);;/q;2*+1/p-2. The molecule has 0 saturated carbocycles. The summed E-state index contributed by atoms with van der Waals surface area (Å²) in [6.07, 6.45) is 1.38. The zero-order valence-corrected chi connectivity index (χ0v) is 50.1. The van der Waals surface area contributed by atoms with Gasteiger partial charge in [-0.1, -0.05) is 99.7 Å². The van der Waals surface area contributed by atoms with Crippen molar-refractivity contribution in [3.05, 3.63) is 167 Å². The maximum Gasteiger partial charge on any atom is 1.00 e. The van der Waals surface area contributed by atoms with Gasteiger partial charge in [0.2, 0.25) is 0 Å². The SMILES string of the molecule is Cc1ccc(S(=O)(=O)OCCCCC#Cc2ccc3c4c(Oc5ccc(S(=O)(=O)[O-])cc5)cc5c6c(cc(Oc7ccc(S(=O)(=O)[O-])cc7)c(c7cccc2c73)c64)C(=O)N(c2c(C(C)C)cccc2C(C)C)C5=O)cc1.[Na+].[Na+]. The van der Waals surface area contributed by atoms with Gasteiger partial charge in [-0.2, -0.15) is 8.42 Å². The quantitative estimate of drug-likeness (QED) is 0.0159. The normalized spacial score (nSPS) is 12.8. The first-order valence-corrected chi connectivity index (χ1v) is 28.5. The van der Waals surface area contributed by atoms with Crippen LogP contribution in [0.1, 0.15) is 102 Å². The first-order chi connectivity index (χ1) is 36.1. The number of ether oxygens (including phenoxy) is 2. The van der Waals surface area contributed by atoms with Crippen molar-refractivity contribution in [2.75, 3.05) is 11.5 Å². The van der Waals surface area contributed by atoms with Gasteiger partial charge in [-0.3, -0.25) is 13.8 Å². The van der Waals surface area contributed by atoms with Crippen LogP contribution in [-0.4, -0.2) is 52.8 Å². The summed E-state index contributed by atoms with van der Waals surface area (Å²) in [6.45, 7) is 9.74. The second-order valence-electron chi connectivity index (χ2n) is 19.2. The van der Waals surface area contributed by atoms with Gasteiger partial charge >= 0.3 is 59.1 Å². The summed E-state index contributed by atoms with van der Waals surface area (Å²) in [5, 5.41) is 4.26. The van der Waals surface area contributed by atoms with Crippen molar-refractivity contribution in [1.29, 1.82) is 0 Å². The van der Waals surface area contributed by atoms with Crippen molar-refractivity contribution >= 4 is 90.9 Å². The molecule has 9 aromatic carbocycles. The van der Waals surface area contributed by atoms with E-state index in [0.29, 0.717) is 73.6 Å². The van der Waals surface area contributed by atoms with Crippen LogP contribution in [-0.2, 0) is 34.5 Å². The number of anilines is 1. The van der Waals surface area contributed by atoms with E-state index in [1.54, 1.807) is 24.3 Å². The van der Waals surface area contributed by atoms with E-state index in [1.165, 1.54) is 41.3 Å². The Kier molecular flexibility index (Phi) is 17.1. The van der Waals surface area contributed by atoms with E-state index in [9.17, 15) is 34.4 Å². The third-order valence-corrected chi connectivity index (χ3v) is 16.5. The van der Waals surface area contributed by atoms with E-state index in [0.717, 1.165) is 41.0 Å². The molecule has 0 fully saturated rings. The number of nitrogens with zero attached hydrogens (tertiary/aromatic N) is 1. The molecule has 1 aliphatic heterocycles. The van der Waals surface area contributed by atoms with E-state index in [-0.39, 0.29) is 117 Å². The van der Waals surface area contributed by atoms with Crippen molar-refractivity contribution in [2.45, 2.75) is 80.4 Å². The molecule has 2 amide bonds. The predicted molar refractivity (Wildman–Crippen MR) is 287 cm³/mol. The first kappa shape index (κ1) is 58.5. The van der Waals surface area contributed by atoms with Crippen molar-refractivity contribution in [2.24, 2.45) is 0 Å². The minimum absolute atomic E-state index is 0. The van der Waals surface area contributed by atoms with Gasteiger partial charge in [0.1, 0.15) is 43.2 Å². The molecule has 0 aliphatic carbocycles. The fourth-order valence-corrected chi connectivity index (χ4v) is 11.8. The number of unbranched alkanes of at least 4 members (excludes halogenated alkanes) is 2. The van der Waals surface area contributed by atoms with E-state index in [1.807, 2.05) is 83.1 Å². The molecule has 0 bridgehead atoms. The number of imide groups is 1. The molecule has 19 heteroatoms. The summed E-state index contributed by atoms with van der Waals surface area (Å²) in [7, 11) is -13.6. The fraction of sp³-hybridized carbons (Fsp3) is 0.186. The molecule has 1 heterocycles. The predicted octanol–water partition coefficient (Wildman–Crippen LogP) is 6.42. The summed E-state index contributed by atoms with van der Waals surface area (Å²) >= 11 is 0. The maximum absolute atomic E-state index is 15.5. The van der Waals surface area contributed by atoms with Crippen LogP contribution in [0.15, 0.2) is 148 Å². The topological polar surface area (TPSA) is 214 Å². The minimum Gasteiger partial charge on any atom is -0.744 e. The number of carbonyl (C=O) groups is 2. The average Bonchev–Trinajstić information content (AvgIpc) is 3.44.